The highest BCUT2D eigenvalue weighted by Crippen LogP contribution is 2.33. The van der Waals surface area contributed by atoms with Crippen molar-refractivity contribution in [1.29, 1.82) is 0 Å². The number of fused-ring (bicyclic) bond motifs is 1. The van der Waals surface area contributed by atoms with Crippen LogP contribution in [0.15, 0.2) is 22.3 Å². The summed E-state index contributed by atoms with van der Waals surface area (Å²) in [6.45, 7) is 4.31. The first-order chi connectivity index (χ1) is 10.7. The van der Waals surface area contributed by atoms with Gasteiger partial charge in [0, 0.05) is 11.1 Å². The van der Waals surface area contributed by atoms with Gasteiger partial charge in [0.2, 0.25) is 0 Å². The van der Waals surface area contributed by atoms with Crippen molar-refractivity contribution in [2.75, 3.05) is 5.75 Å². The highest BCUT2D eigenvalue weighted by atomic mass is 32.2. The Morgan fingerprint density at radius 1 is 1.39 bits per heavy atom. The molecular formula is C16H20N2O4S. The Hall–Kier alpha value is -1.89. The third-order valence-electron chi connectivity index (χ3n) is 4.43. The smallest absolute Gasteiger partial charge is 0.261 e. The van der Waals surface area contributed by atoms with Crippen molar-refractivity contribution in [3.63, 3.8) is 0 Å². The number of carbonyl (C=O) groups is 1. The largest absolute Gasteiger partial charge is 0.345 e. The van der Waals surface area contributed by atoms with Crippen molar-refractivity contribution in [3.05, 3.63) is 44.7 Å². The topological polar surface area (TPSA) is 96.1 Å². The zero-order valence-corrected chi connectivity index (χ0v) is 14.0. The van der Waals surface area contributed by atoms with E-state index >= 15 is 0 Å². The first-order valence-corrected chi connectivity index (χ1v) is 9.34. The summed E-state index contributed by atoms with van der Waals surface area (Å²) in [6.07, 6.45) is 4.03. The summed E-state index contributed by atoms with van der Waals surface area (Å²) in [5.74, 6) is -0.693. The zero-order chi connectivity index (χ0) is 16.8. The molecule has 1 amide bonds. The average Bonchev–Trinajstić information content (AvgIpc) is 2.76. The van der Waals surface area contributed by atoms with E-state index in [1.165, 1.54) is 6.08 Å². The van der Waals surface area contributed by atoms with Crippen molar-refractivity contribution in [2.24, 2.45) is 5.41 Å². The van der Waals surface area contributed by atoms with E-state index in [-0.39, 0.29) is 16.7 Å². The molecule has 7 heteroatoms. The van der Waals surface area contributed by atoms with Gasteiger partial charge in [-0.1, -0.05) is 13.8 Å². The second kappa shape index (κ2) is 5.33. The maximum Gasteiger partial charge on any atom is 0.261 e. The van der Waals surface area contributed by atoms with Gasteiger partial charge in [-0.3, -0.25) is 9.59 Å². The van der Waals surface area contributed by atoms with E-state index in [0.29, 0.717) is 0 Å². The van der Waals surface area contributed by atoms with E-state index in [9.17, 15) is 18.0 Å². The van der Waals surface area contributed by atoms with Crippen LogP contribution in [0.5, 0.6) is 0 Å². The molecule has 0 spiro atoms. The Bertz CT molecular complexity index is 849. The lowest BCUT2D eigenvalue weighted by Gasteiger charge is -2.30. The number of H-pyrrole nitrogens is 1. The number of aromatic amines is 1. The average molecular weight is 336 g/mol. The van der Waals surface area contributed by atoms with Gasteiger partial charge in [-0.2, -0.15) is 0 Å². The second-order valence-electron chi connectivity index (χ2n) is 7.09. The molecule has 124 valence electrons. The normalized spacial score (nSPS) is 24.2. The number of pyridine rings is 1. The summed E-state index contributed by atoms with van der Waals surface area (Å²) in [6, 6.07) is 1.06. The van der Waals surface area contributed by atoms with Gasteiger partial charge < -0.3 is 10.3 Å². The third-order valence-corrected chi connectivity index (χ3v) is 5.83. The number of hydrogen-bond donors (Lipinski definition) is 2. The van der Waals surface area contributed by atoms with Gasteiger partial charge in [0.15, 0.2) is 9.84 Å². The van der Waals surface area contributed by atoms with Gasteiger partial charge in [0.1, 0.15) is 5.56 Å². The Morgan fingerprint density at radius 3 is 2.78 bits per heavy atom. The third kappa shape index (κ3) is 3.39. The van der Waals surface area contributed by atoms with Gasteiger partial charge in [-0.05, 0) is 42.4 Å². The summed E-state index contributed by atoms with van der Waals surface area (Å²) >= 11 is 0. The first kappa shape index (κ1) is 16.0. The fraction of sp³-hybridized carbons (Fsp3) is 0.500. The van der Waals surface area contributed by atoms with Crippen molar-refractivity contribution in [1.82, 2.24) is 10.3 Å². The molecule has 0 aromatic carbocycles. The summed E-state index contributed by atoms with van der Waals surface area (Å²) < 4.78 is 22.7. The molecule has 0 bridgehead atoms. The van der Waals surface area contributed by atoms with Crippen LogP contribution in [0.25, 0.3) is 0 Å². The van der Waals surface area contributed by atoms with Gasteiger partial charge in [0.05, 0.1) is 11.8 Å². The van der Waals surface area contributed by atoms with Crippen LogP contribution in [0, 0.1) is 5.41 Å². The van der Waals surface area contributed by atoms with Crippen molar-refractivity contribution in [2.45, 2.75) is 39.2 Å². The van der Waals surface area contributed by atoms with E-state index in [2.05, 4.69) is 24.1 Å². The van der Waals surface area contributed by atoms with E-state index in [4.69, 9.17) is 0 Å². The molecule has 1 aromatic heterocycles. The van der Waals surface area contributed by atoms with Gasteiger partial charge in [0.25, 0.3) is 11.5 Å². The number of hydrogen-bond acceptors (Lipinski definition) is 4. The Kier molecular flexibility index (Phi) is 3.71. The van der Waals surface area contributed by atoms with Crippen LogP contribution in [0.1, 0.15) is 41.9 Å². The molecule has 1 unspecified atom stereocenters. The van der Waals surface area contributed by atoms with Crippen LogP contribution in [0.4, 0.5) is 0 Å². The zero-order valence-electron chi connectivity index (χ0n) is 13.2. The quantitative estimate of drug-likeness (QED) is 0.840. The minimum absolute atomic E-state index is 0.0427. The molecule has 2 N–H and O–H groups in total. The summed E-state index contributed by atoms with van der Waals surface area (Å²) in [7, 11) is -3.24. The second-order valence-corrected chi connectivity index (χ2v) is 9.03. The molecular weight excluding hydrogens is 316 g/mol. The van der Waals surface area contributed by atoms with E-state index in [1.54, 1.807) is 6.07 Å². The van der Waals surface area contributed by atoms with Crippen LogP contribution in [0.2, 0.25) is 0 Å². The van der Waals surface area contributed by atoms with E-state index in [0.717, 1.165) is 35.9 Å². The monoisotopic (exact) mass is 336 g/mol. The molecule has 1 aliphatic heterocycles. The van der Waals surface area contributed by atoms with Crippen LogP contribution in [0.3, 0.4) is 0 Å². The summed E-state index contributed by atoms with van der Waals surface area (Å²) in [5.41, 5.74) is 1.64. The summed E-state index contributed by atoms with van der Waals surface area (Å²) in [4.78, 5) is 27.3. The predicted octanol–water partition coefficient (Wildman–Crippen LogP) is 0.930. The molecule has 23 heavy (non-hydrogen) atoms. The molecule has 6 nitrogen and oxygen atoms in total. The molecule has 0 fully saturated rings. The maximum atomic E-state index is 12.3. The molecule has 1 aliphatic carbocycles. The van der Waals surface area contributed by atoms with Crippen molar-refractivity contribution < 1.29 is 13.2 Å². The number of aromatic nitrogens is 1. The minimum Gasteiger partial charge on any atom is -0.345 e. The van der Waals surface area contributed by atoms with Crippen LogP contribution < -0.4 is 10.9 Å². The predicted molar refractivity (Wildman–Crippen MR) is 87.0 cm³/mol. The molecule has 1 aromatic rings. The van der Waals surface area contributed by atoms with Crippen LogP contribution in [-0.4, -0.2) is 31.1 Å². The molecule has 0 saturated carbocycles. The molecule has 0 saturated heterocycles. The fourth-order valence-electron chi connectivity index (χ4n) is 3.11. The number of amides is 1. The molecule has 0 radical (unpaired) electrons. The van der Waals surface area contributed by atoms with Crippen LogP contribution >= 0.6 is 0 Å². The number of carbonyl (C=O) groups excluding carboxylic acids is 1. The van der Waals surface area contributed by atoms with Crippen LogP contribution in [-0.2, 0) is 22.7 Å². The molecule has 3 rings (SSSR count). The highest BCUT2D eigenvalue weighted by molar-refractivity contribution is 7.94. The fourth-order valence-corrected chi connectivity index (χ4v) is 4.35. The Labute approximate surface area is 134 Å². The van der Waals surface area contributed by atoms with Gasteiger partial charge in [-0.25, -0.2) is 8.42 Å². The van der Waals surface area contributed by atoms with Gasteiger partial charge in [-0.15, -0.1) is 0 Å². The maximum absolute atomic E-state index is 12.3. The number of nitrogens with one attached hydrogen (secondary N) is 2. The van der Waals surface area contributed by atoms with E-state index < -0.39 is 27.3 Å². The lowest BCUT2D eigenvalue weighted by Crippen LogP contribution is -2.39. The van der Waals surface area contributed by atoms with Crippen molar-refractivity contribution >= 4 is 15.7 Å². The Morgan fingerprint density at radius 2 is 2.13 bits per heavy atom. The number of rotatable bonds is 2. The number of sulfone groups is 1. The van der Waals surface area contributed by atoms with Crippen molar-refractivity contribution in [3.8, 4) is 0 Å². The first-order valence-electron chi connectivity index (χ1n) is 7.62. The Balaban J connectivity index is 1.83. The molecule has 2 heterocycles. The molecule has 1 atom stereocenters. The lowest BCUT2D eigenvalue weighted by atomic mass is 9.76. The SMILES string of the molecule is CC1(C)CCc2cc(C(=O)NC3C=CS(=O)(=O)C3)c(=O)[nH]c2C1. The number of aryl methyl sites for hydroxylation is 1. The van der Waals surface area contributed by atoms with E-state index in [1.807, 2.05) is 0 Å². The van der Waals surface area contributed by atoms with Gasteiger partial charge >= 0.3 is 0 Å². The highest BCUT2D eigenvalue weighted by Gasteiger charge is 2.28. The minimum atomic E-state index is -3.24. The summed E-state index contributed by atoms with van der Waals surface area (Å²) in [5, 5.41) is 3.68. The lowest BCUT2D eigenvalue weighted by molar-refractivity contribution is 0.0946. The standard InChI is InChI=1S/C16H20N2O4S/c1-16(2)5-3-10-7-12(15(20)18-13(10)8-16)14(19)17-11-4-6-23(21,22)9-11/h4,6-7,11H,3,5,8-9H2,1-2H3,(H,17,19)(H,18,20). The molecule has 2 aliphatic rings.